The van der Waals surface area contributed by atoms with E-state index < -0.39 is 25.0 Å². The molecule has 0 saturated heterocycles. The molecule has 0 unspecified atom stereocenters. The maximum absolute atomic E-state index is 12.6. The van der Waals surface area contributed by atoms with Crippen LogP contribution in [-0.2, 0) is 9.53 Å². The van der Waals surface area contributed by atoms with Crippen molar-refractivity contribution in [1.82, 2.24) is 14.9 Å². The standard InChI is InChI=1S/C23H25N3O7S/c1-13-8-16(14(2)26(13)23-24-6-7-34-23)17(27)12-33-20(28)11-25-22(29)15-9-18(30-3)21(32-5)19(10-15)31-4/h6-10H,11-12H2,1-5H3,(H,25,29). The highest BCUT2D eigenvalue weighted by atomic mass is 32.1. The van der Waals surface area contributed by atoms with E-state index in [1.807, 2.05) is 16.9 Å². The summed E-state index contributed by atoms with van der Waals surface area (Å²) in [5.74, 6) is -0.697. The normalized spacial score (nSPS) is 10.5. The van der Waals surface area contributed by atoms with Gasteiger partial charge < -0.3 is 24.3 Å². The number of nitrogens with one attached hydrogen (secondary N) is 1. The van der Waals surface area contributed by atoms with E-state index in [2.05, 4.69) is 10.3 Å². The number of benzene rings is 1. The number of rotatable bonds is 10. The number of nitrogens with zero attached hydrogens (tertiary/aromatic N) is 2. The Bertz CT molecular complexity index is 1180. The van der Waals surface area contributed by atoms with Crippen molar-refractivity contribution in [1.29, 1.82) is 0 Å². The smallest absolute Gasteiger partial charge is 0.325 e. The van der Waals surface area contributed by atoms with Crippen molar-refractivity contribution in [2.24, 2.45) is 0 Å². The molecule has 0 bridgehead atoms. The first-order chi connectivity index (χ1) is 16.3. The maximum Gasteiger partial charge on any atom is 0.325 e. The van der Waals surface area contributed by atoms with Crippen LogP contribution in [0.1, 0.15) is 32.1 Å². The number of methoxy groups -OCH3 is 3. The number of amides is 1. The summed E-state index contributed by atoms with van der Waals surface area (Å²) in [6, 6.07) is 4.66. The molecule has 34 heavy (non-hydrogen) atoms. The molecule has 2 heterocycles. The summed E-state index contributed by atoms with van der Waals surface area (Å²) in [6.45, 7) is 2.82. The van der Waals surface area contributed by atoms with Crippen LogP contribution in [0.5, 0.6) is 17.2 Å². The zero-order valence-electron chi connectivity index (χ0n) is 19.5. The average Bonchev–Trinajstić information content (AvgIpc) is 3.46. The SMILES string of the molecule is COc1cc(C(=O)NCC(=O)OCC(=O)c2cc(C)n(-c3nccs3)c2C)cc(OC)c1OC. The molecule has 1 N–H and O–H groups in total. The summed E-state index contributed by atoms with van der Waals surface area (Å²) >= 11 is 1.45. The first-order valence-corrected chi connectivity index (χ1v) is 11.0. The summed E-state index contributed by atoms with van der Waals surface area (Å²) in [4.78, 5) is 41.5. The highest BCUT2D eigenvalue weighted by molar-refractivity contribution is 7.12. The zero-order chi connectivity index (χ0) is 24.8. The van der Waals surface area contributed by atoms with E-state index in [-0.39, 0.29) is 11.3 Å². The van der Waals surface area contributed by atoms with Gasteiger partial charge in [-0.2, -0.15) is 0 Å². The van der Waals surface area contributed by atoms with Crippen molar-refractivity contribution >= 4 is 29.0 Å². The number of aromatic nitrogens is 2. The molecular weight excluding hydrogens is 462 g/mol. The second-order valence-electron chi connectivity index (χ2n) is 7.12. The fourth-order valence-corrected chi connectivity index (χ4v) is 4.16. The Kier molecular flexibility index (Phi) is 7.90. The van der Waals surface area contributed by atoms with Gasteiger partial charge in [0.1, 0.15) is 6.54 Å². The Morgan fingerprint density at radius 2 is 1.71 bits per heavy atom. The minimum Gasteiger partial charge on any atom is -0.493 e. The topological polar surface area (TPSA) is 118 Å². The number of esters is 1. The summed E-state index contributed by atoms with van der Waals surface area (Å²) in [5.41, 5.74) is 2.21. The Hall–Kier alpha value is -3.86. The van der Waals surface area contributed by atoms with Gasteiger partial charge in [-0.1, -0.05) is 0 Å². The molecule has 2 aromatic heterocycles. The molecule has 0 atom stereocenters. The van der Waals surface area contributed by atoms with E-state index in [0.29, 0.717) is 28.5 Å². The lowest BCUT2D eigenvalue weighted by Crippen LogP contribution is -2.31. The van der Waals surface area contributed by atoms with E-state index in [0.717, 1.165) is 10.8 Å². The summed E-state index contributed by atoms with van der Waals surface area (Å²) < 4.78 is 22.6. The van der Waals surface area contributed by atoms with Crippen molar-refractivity contribution in [2.75, 3.05) is 34.5 Å². The first kappa shape index (κ1) is 24.8. The average molecular weight is 488 g/mol. The predicted octanol–water partition coefficient (Wildman–Crippen LogP) is 2.73. The molecule has 11 heteroatoms. The lowest BCUT2D eigenvalue weighted by molar-refractivity contribution is -0.141. The molecule has 0 aliphatic rings. The fourth-order valence-electron chi connectivity index (χ4n) is 3.41. The van der Waals surface area contributed by atoms with Gasteiger partial charge >= 0.3 is 5.97 Å². The second-order valence-corrected chi connectivity index (χ2v) is 7.99. The van der Waals surface area contributed by atoms with Crippen LogP contribution in [0.15, 0.2) is 29.8 Å². The van der Waals surface area contributed by atoms with Crippen LogP contribution < -0.4 is 19.5 Å². The molecule has 0 spiro atoms. The lowest BCUT2D eigenvalue weighted by atomic mass is 10.1. The third-order valence-corrected chi connectivity index (χ3v) is 5.78. The zero-order valence-corrected chi connectivity index (χ0v) is 20.3. The van der Waals surface area contributed by atoms with Gasteiger partial charge in [0.2, 0.25) is 11.5 Å². The number of ketones is 1. The van der Waals surface area contributed by atoms with Gasteiger partial charge in [0, 0.05) is 34.1 Å². The number of hydrogen-bond acceptors (Lipinski definition) is 9. The second kappa shape index (κ2) is 10.8. The van der Waals surface area contributed by atoms with Crippen LogP contribution in [0.25, 0.3) is 5.13 Å². The molecule has 0 aliphatic carbocycles. The van der Waals surface area contributed by atoms with Crippen LogP contribution in [0.4, 0.5) is 0 Å². The molecule has 1 amide bonds. The number of Topliss-reactive ketones (excluding diaryl/α,β-unsaturated/α-hetero) is 1. The van der Waals surface area contributed by atoms with Crippen molar-refractivity contribution in [3.05, 3.63) is 52.3 Å². The quantitative estimate of drug-likeness (QED) is 0.343. The number of thiazole rings is 1. The number of hydrogen-bond donors (Lipinski definition) is 1. The van der Waals surface area contributed by atoms with Gasteiger partial charge in [-0.3, -0.25) is 19.0 Å². The van der Waals surface area contributed by atoms with Crippen molar-refractivity contribution in [3.63, 3.8) is 0 Å². The highest BCUT2D eigenvalue weighted by Crippen LogP contribution is 2.38. The summed E-state index contributed by atoms with van der Waals surface area (Å²) in [5, 5.41) is 5.06. The van der Waals surface area contributed by atoms with Gasteiger partial charge in [0.05, 0.1) is 21.3 Å². The van der Waals surface area contributed by atoms with Crippen LogP contribution in [-0.4, -0.2) is 61.7 Å². The van der Waals surface area contributed by atoms with E-state index in [4.69, 9.17) is 18.9 Å². The number of carbonyl (C=O) groups is 3. The van der Waals surface area contributed by atoms with Gasteiger partial charge in [-0.15, -0.1) is 11.3 Å². The monoisotopic (exact) mass is 487 g/mol. The van der Waals surface area contributed by atoms with Gasteiger partial charge in [0.15, 0.2) is 23.2 Å². The Morgan fingerprint density at radius 3 is 2.26 bits per heavy atom. The number of ether oxygens (including phenoxy) is 4. The highest BCUT2D eigenvalue weighted by Gasteiger charge is 2.20. The maximum atomic E-state index is 12.6. The van der Waals surface area contributed by atoms with Crippen LogP contribution in [0.3, 0.4) is 0 Å². The van der Waals surface area contributed by atoms with Crippen LogP contribution in [0.2, 0.25) is 0 Å². The largest absolute Gasteiger partial charge is 0.493 e. The third-order valence-electron chi connectivity index (χ3n) is 5.03. The third kappa shape index (κ3) is 5.20. The van der Waals surface area contributed by atoms with E-state index in [1.54, 1.807) is 19.2 Å². The summed E-state index contributed by atoms with van der Waals surface area (Å²) in [6.07, 6.45) is 1.69. The minimum absolute atomic E-state index is 0.202. The van der Waals surface area contributed by atoms with Gasteiger partial charge in [-0.05, 0) is 32.0 Å². The van der Waals surface area contributed by atoms with Crippen molar-refractivity contribution < 1.29 is 33.3 Å². The number of aryl methyl sites for hydroxylation is 1. The molecule has 180 valence electrons. The molecule has 3 rings (SSSR count). The van der Waals surface area contributed by atoms with Gasteiger partial charge in [0.25, 0.3) is 5.91 Å². The minimum atomic E-state index is -0.747. The summed E-state index contributed by atoms with van der Waals surface area (Å²) in [7, 11) is 4.32. The van der Waals surface area contributed by atoms with Gasteiger partial charge in [-0.25, -0.2) is 4.98 Å². The van der Waals surface area contributed by atoms with Crippen molar-refractivity contribution in [2.45, 2.75) is 13.8 Å². The first-order valence-electron chi connectivity index (χ1n) is 10.2. The molecule has 0 fully saturated rings. The molecular formula is C23H25N3O7S. The molecule has 1 aromatic carbocycles. The van der Waals surface area contributed by atoms with E-state index >= 15 is 0 Å². The van der Waals surface area contributed by atoms with E-state index in [9.17, 15) is 14.4 Å². The molecule has 3 aromatic rings. The van der Waals surface area contributed by atoms with Crippen LogP contribution in [0, 0.1) is 13.8 Å². The van der Waals surface area contributed by atoms with Crippen molar-refractivity contribution in [3.8, 4) is 22.4 Å². The Balaban J connectivity index is 1.59. The predicted molar refractivity (Wildman–Crippen MR) is 125 cm³/mol. The lowest BCUT2D eigenvalue weighted by Gasteiger charge is -2.14. The molecule has 10 nitrogen and oxygen atoms in total. The molecule has 0 radical (unpaired) electrons. The molecule has 0 saturated carbocycles. The van der Waals surface area contributed by atoms with Crippen LogP contribution >= 0.6 is 11.3 Å². The molecule has 0 aliphatic heterocycles. The Morgan fingerprint density at radius 1 is 1.03 bits per heavy atom. The Labute approximate surface area is 200 Å². The van der Waals surface area contributed by atoms with E-state index in [1.165, 1.54) is 44.8 Å². The fraction of sp³-hybridized carbons (Fsp3) is 0.304. The number of carbonyl (C=O) groups excluding carboxylic acids is 3.